The number of aldehydes is 1. The second-order valence-electron chi connectivity index (χ2n) is 5.51. The lowest BCUT2D eigenvalue weighted by molar-refractivity contribution is 0.112. The molecule has 0 atom stereocenters. The number of hydrogen-bond acceptors (Lipinski definition) is 2. The van der Waals surface area contributed by atoms with Crippen LogP contribution >= 0.6 is 0 Å². The van der Waals surface area contributed by atoms with Crippen LogP contribution in [0.2, 0.25) is 0 Å². The van der Waals surface area contributed by atoms with Crippen molar-refractivity contribution in [2.45, 2.75) is 57.4 Å². The number of carbonyl (C=O) groups excluding carboxylic acids is 1. The second kappa shape index (κ2) is 4.71. The van der Waals surface area contributed by atoms with Crippen molar-refractivity contribution in [1.82, 2.24) is 4.57 Å². The van der Waals surface area contributed by atoms with E-state index in [-0.39, 0.29) is 5.56 Å². The molecule has 1 saturated carbocycles. The van der Waals surface area contributed by atoms with Gasteiger partial charge in [0.2, 0.25) is 0 Å². The van der Waals surface area contributed by atoms with Gasteiger partial charge in [-0.2, -0.15) is 0 Å². The number of nitrogens with zero attached hydrogens (tertiary/aromatic N) is 1. The largest absolute Gasteiger partial charge is 0.309 e. The van der Waals surface area contributed by atoms with Crippen molar-refractivity contribution in [2.75, 3.05) is 0 Å². The summed E-state index contributed by atoms with van der Waals surface area (Å²) in [5.74, 6) is 0. The summed E-state index contributed by atoms with van der Waals surface area (Å²) in [6, 6.07) is 2.15. The zero-order chi connectivity index (χ0) is 12.5. The number of rotatable bonds is 2. The highest BCUT2D eigenvalue weighted by Crippen LogP contribution is 2.31. The first kappa shape index (κ1) is 11.7. The van der Waals surface area contributed by atoms with E-state index in [2.05, 4.69) is 0 Å². The maximum atomic E-state index is 12.4. The Morgan fingerprint density at radius 3 is 2.61 bits per heavy atom. The molecule has 1 heterocycles. The Kier molecular flexibility index (Phi) is 3.06. The highest BCUT2D eigenvalue weighted by Gasteiger charge is 2.24. The molecule has 3 rings (SSSR count). The molecule has 0 radical (unpaired) electrons. The maximum absolute atomic E-state index is 12.4. The Hall–Kier alpha value is -1.38. The molecule has 0 N–H and O–H groups in total. The maximum Gasteiger partial charge on any atom is 0.261 e. The van der Waals surface area contributed by atoms with Crippen molar-refractivity contribution in [1.29, 1.82) is 0 Å². The van der Waals surface area contributed by atoms with Crippen LogP contribution < -0.4 is 5.56 Å². The number of hydrogen-bond donors (Lipinski definition) is 0. The van der Waals surface area contributed by atoms with Crippen molar-refractivity contribution in [2.24, 2.45) is 0 Å². The van der Waals surface area contributed by atoms with Gasteiger partial charge in [0, 0.05) is 11.7 Å². The smallest absolute Gasteiger partial charge is 0.261 e. The minimum Gasteiger partial charge on any atom is -0.309 e. The quantitative estimate of drug-likeness (QED) is 0.751. The highest BCUT2D eigenvalue weighted by atomic mass is 16.1. The van der Waals surface area contributed by atoms with Crippen LogP contribution in [-0.2, 0) is 12.8 Å². The molecule has 0 amide bonds. The molecular weight excluding hydrogens is 226 g/mol. The van der Waals surface area contributed by atoms with Gasteiger partial charge >= 0.3 is 0 Å². The molecule has 0 aliphatic heterocycles. The Morgan fingerprint density at radius 2 is 1.89 bits per heavy atom. The monoisotopic (exact) mass is 245 g/mol. The van der Waals surface area contributed by atoms with Crippen LogP contribution in [-0.4, -0.2) is 10.9 Å². The molecular formula is C15H19NO2. The van der Waals surface area contributed by atoms with E-state index in [0.717, 1.165) is 38.4 Å². The van der Waals surface area contributed by atoms with E-state index in [1.54, 1.807) is 0 Å². The Labute approximate surface area is 107 Å². The Bertz CT molecular complexity index is 524. The van der Waals surface area contributed by atoms with Crippen LogP contribution in [0.4, 0.5) is 0 Å². The van der Waals surface area contributed by atoms with E-state index in [9.17, 15) is 9.59 Å². The summed E-state index contributed by atoms with van der Waals surface area (Å²) >= 11 is 0. The van der Waals surface area contributed by atoms with E-state index >= 15 is 0 Å². The third kappa shape index (κ3) is 1.82. The van der Waals surface area contributed by atoms with Crippen LogP contribution in [0.3, 0.4) is 0 Å². The second-order valence-corrected chi connectivity index (χ2v) is 5.51. The van der Waals surface area contributed by atoms with E-state index in [4.69, 9.17) is 0 Å². The van der Waals surface area contributed by atoms with Gasteiger partial charge in [0.05, 0.1) is 5.56 Å². The molecule has 2 aliphatic rings. The minimum absolute atomic E-state index is 0.0578. The van der Waals surface area contributed by atoms with E-state index in [1.165, 1.54) is 30.5 Å². The summed E-state index contributed by atoms with van der Waals surface area (Å²) in [6.07, 6.45) is 9.73. The van der Waals surface area contributed by atoms with Crippen LogP contribution in [0.1, 0.15) is 66.2 Å². The lowest BCUT2D eigenvalue weighted by Crippen LogP contribution is -2.31. The zero-order valence-electron chi connectivity index (χ0n) is 10.7. The predicted molar refractivity (Wildman–Crippen MR) is 70.2 cm³/mol. The van der Waals surface area contributed by atoms with Gasteiger partial charge < -0.3 is 4.57 Å². The molecule has 0 saturated heterocycles. The van der Waals surface area contributed by atoms with E-state index in [0.29, 0.717) is 11.6 Å². The van der Waals surface area contributed by atoms with Crippen molar-refractivity contribution < 1.29 is 4.79 Å². The average molecular weight is 245 g/mol. The number of carbonyl (C=O) groups is 1. The Morgan fingerprint density at radius 1 is 1.11 bits per heavy atom. The van der Waals surface area contributed by atoms with Gasteiger partial charge in [-0.05, 0) is 43.7 Å². The first-order valence-electron chi connectivity index (χ1n) is 7.03. The summed E-state index contributed by atoms with van der Waals surface area (Å²) in [5, 5.41) is 0. The normalized spacial score (nSPS) is 19.8. The summed E-state index contributed by atoms with van der Waals surface area (Å²) in [7, 11) is 0. The summed E-state index contributed by atoms with van der Waals surface area (Å²) in [4.78, 5) is 23.4. The lowest BCUT2D eigenvalue weighted by Gasteiger charge is -2.27. The minimum atomic E-state index is -0.0578. The third-order valence-corrected chi connectivity index (χ3v) is 4.38. The summed E-state index contributed by atoms with van der Waals surface area (Å²) < 4.78 is 1.96. The first-order valence-corrected chi connectivity index (χ1v) is 7.03. The van der Waals surface area contributed by atoms with Gasteiger partial charge in [0.1, 0.15) is 0 Å². The fourth-order valence-electron chi connectivity index (χ4n) is 3.50. The number of fused-ring (bicyclic) bond motifs is 1. The molecule has 0 bridgehead atoms. The van der Waals surface area contributed by atoms with Crippen LogP contribution in [0, 0.1) is 0 Å². The van der Waals surface area contributed by atoms with Crippen molar-refractivity contribution in [3.8, 4) is 0 Å². The topological polar surface area (TPSA) is 39.1 Å². The standard InChI is InChI=1S/C15H19NO2/c17-10-12-9-11-5-4-8-14(11)16(15(12)18)13-6-2-1-3-7-13/h9-10,13H,1-8H2. The lowest BCUT2D eigenvalue weighted by atomic mass is 9.94. The van der Waals surface area contributed by atoms with Gasteiger partial charge in [-0.3, -0.25) is 9.59 Å². The van der Waals surface area contributed by atoms with Gasteiger partial charge in [0.25, 0.3) is 5.56 Å². The molecule has 2 aliphatic carbocycles. The molecule has 96 valence electrons. The molecule has 18 heavy (non-hydrogen) atoms. The van der Waals surface area contributed by atoms with Crippen LogP contribution in [0.5, 0.6) is 0 Å². The van der Waals surface area contributed by atoms with Crippen LogP contribution in [0.15, 0.2) is 10.9 Å². The van der Waals surface area contributed by atoms with Gasteiger partial charge in [-0.1, -0.05) is 19.3 Å². The fraction of sp³-hybridized carbons (Fsp3) is 0.600. The average Bonchev–Trinajstić information content (AvgIpc) is 2.86. The number of aryl methyl sites for hydroxylation is 1. The number of aromatic nitrogens is 1. The molecule has 0 aromatic carbocycles. The SMILES string of the molecule is O=Cc1cc2c(n(C3CCCCC3)c1=O)CCC2. The summed E-state index contributed by atoms with van der Waals surface area (Å²) in [5.41, 5.74) is 2.72. The van der Waals surface area contributed by atoms with E-state index < -0.39 is 0 Å². The highest BCUT2D eigenvalue weighted by molar-refractivity contribution is 5.74. The fourth-order valence-corrected chi connectivity index (χ4v) is 3.50. The molecule has 3 heteroatoms. The van der Waals surface area contributed by atoms with Gasteiger partial charge in [0.15, 0.2) is 6.29 Å². The van der Waals surface area contributed by atoms with Crippen molar-refractivity contribution in [3.05, 3.63) is 33.2 Å². The molecule has 1 fully saturated rings. The summed E-state index contributed by atoms with van der Waals surface area (Å²) in [6.45, 7) is 0. The van der Waals surface area contributed by atoms with Gasteiger partial charge in [-0.15, -0.1) is 0 Å². The predicted octanol–water partition coefficient (Wildman–Crippen LogP) is 2.65. The van der Waals surface area contributed by atoms with Crippen molar-refractivity contribution in [3.63, 3.8) is 0 Å². The molecule has 1 aromatic heterocycles. The Balaban J connectivity index is 2.13. The van der Waals surface area contributed by atoms with E-state index in [1.807, 2.05) is 10.6 Å². The molecule has 0 unspecified atom stereocenters. The zero-order valence-corrected chi connectivity index (χ0v) is 10.7. The first-order chi connectivity index (χ1) is 8.81. The van der Waals surface area contributed by atoms with Gasteiger partial charge in [-0.25, -0.2) is 0 Å². The molecule has 0 spiro atoms. The van der Waals surface area contributed by atoms with Crippen LogP contribution in [0.25, 0.3) is 0 Å². The molecule has 3 nitrogen and oxygen atoms in total. The van der Waals surface area contributed by atoms with Crippen molar-refractivity contribution >= 4 is 6.29 Å². The molecule has 1 aromatic rings. The third-order valence-electron chi connectivity index (χ3n) is 4.38. The number of pyridine rings is 1.